The fraction of sp³-hybridized carbons (Fsp3) is 0.0417. The molecule has 0 aliphatic heterocycles. The zero-order valence-electron chi connectivity index (χ0n) is 16.6. The topological polar surface area (TPSA) is 91.2 Å². The molecule has 0 saturated heterocycles. The minimum absolute atomic E-state index is 0.109. The molecule has 2 N–H and O–H groups in total. The van der Waals surface area contributed by atoms with Gasteiger partial charge in [-0.05, 0) is 60.2 Å². The summed E-state index contributed by atoms with van der Waals surface area (Å²) < 4.78 is 5.52. The van der Waals surface area contributed by atoms with Crippen LogP contribution in [0.1, 0.15) is 5.56 Å². The van der Waals surface area contributed by atoms with Gasteiger partial charge in [0.05, 0.1) is 10.7 Å². The van der Waals surface area contributed by atoms with E-state index < -0.39 is 5.91 Å². The number of benzene rings is 3. The van der Waals surface area contributed by atoms with E-state index in [2.05, 4.69) is 10.6 Å². The lowest BCUT2D eigenvalue weighted by Crippen LogP contribution is -2.20. The Bertz CT molecular complexity index is 1200. The van der Waals surface area contributed by atoms with E-state index >= 15 is 0 Å². The van der Waals surface area contributed by atoms with Gasteiger partial charge in [0.2, 0.25) is 0 Å². The molecule has 6 nitrogen and oxygen atoms in total. The van der Waals surface area contributed by atoms with Gasteiger partial charge in [-0.3, -0.25) is 9.59 Å². The maximum atomic E-state index is 12.4. The molecule has 3 rings (SSSR count). The first-order valence-electron chi connectivity index (χ1n) is 9.40. The Balaban J connectivity index is 1.63. The highest BCUT2D eigenvalue weighted by Gasteiger charge is 2.11. The maximum Gasteiger partial charge on any atom is 0.266 e. The van der Waals surface area contributed by atoms with Gasteiger partial charge in [-0.25, -0.2) is 0 Å². The smallest absolute Gasteiger partial charge is 0.266 e. The molecule has 3 aromatic carbocycles. The van der Waals surface area contributed by atoms with Gasteiger partial charge in [0.25, 0.3) is 11.8 Å². The van der Waals surface area contributed by atoms with Gasteiger partial charge in [-0.2, -0.15) is 5.26 Å². The highest BCUT2D eigenvalue weighted by atomic mass is 35.5. The average molecular weight is 466 g/mol. The maximum absolute atomic E-state index is 12.4. The zero-order valence-corrected chi connectivity index (χ0v) is 18.2. The van der Waals surface area contributed by atoms with Crippen LogP contribution in [0, 0.1) is 11.3 Å². The lowest BCUT2D eigenvalue weighted by Gasteiger charge is -2.09. The molecule has 0 unspecified atom stereocenters. The molecule has 0 aliphatic rings. The van der Waals surface area contributed by atoms with E-state index in [9.17, 15) is 14.9 Å². The summed E-state index contributed by atoms with van der Waals surface area (Å²) in [6.07, 6.45) is 1.42. The van der Waals surface area contributed by atoms with Gasteiger partial charge in [-0.1, -0.05) is 47.5 Å². The summed E-state index contributed by atoms with van der Waals surface area (Å²) in [5.41, 5.74) is 1.46. The van der Waals surface area contributed by atoms with Crippen molar-refractivity contribution in [2.75, 3.05) is 17.2 Å². The van der Waals surface area contributed by atoms with Gasteiger partial charge < -0.3 is 15.4 Å². The van der Waals surface area contributed by atoms with Crippen molar-refractivity contribution in [2.45, 2.75) is 0 Å². The summed E-state index contributed by atoms with van der Waals surface area (Å²) >= 11 is 11.9. The van der Waals surface area contributed by atoms with Crippen LogP contribution in [0.3, 0.4) is 0 Å². The second kappa shape index (κ2) is 11.0. The number of carbonyl (C=O) groups excluding carboxylic acids is 2. The largest absolute Gasteiger partial charge is 0.484 e. The first kappa shape index (κ1) is 22.9. The summed E-state index contributed by atoms with van der Waals surface area (Å²) in [4.78, 5) is 24.5. The minimum atomic E-state index is -0.589. The number of amides is 2. The van der Waals surface area contributed by atoms with E-state index in [1.807, 2.05) is 6.07 Å². The fourth-order valence-corrected chi connectivity index (χ4v) is 2.95. The van der Waals surface area contributed by atoms with Crippen LogP contribution in [-0.2, 0) is 9.59 Å². The Labute approximate surface area is 195 Å². The molecule has 3 aromatic rings. The molecule has 0 fully saturated rings. The molecule has 0 bridgehead atoms. The van der Waals surface area contributed by atoms with E-state index in [1.54, 1.807) is 72.8 Å². The molecule has 160 valence electrons. The van der Waals surface area contributed by atoms with Crippen molar-refractivity contribution in [2.24, 2.45) is 0 Å². The van der Waals surface area contributed by atoms with Gasteiger partial charge in [-0.15, -0.1) is 0 Å². The van der Waals surface area contributed by atoms with Crippen LogP contribution in [0.15, 0.2) is 78.4 Å². The predicted molar refractivity (Wildman–Crippen MR) is 126 cm³/mol. The van der Waals surface area contributed by atoms with Crippen LogP contribution in [0.2, 0.25) is 10.0 Å². The Hall–Kier alpha value is -3.79. The van der Waals surface area contributed by atoms with Crippen LogP contribution in [0.25, 0.3) is 6.08 Å². The van der Waals surface area contributed by atoms with E-state index in [1.165, 1.54) is 6.08 Å². The molecule has 32 heavy (non-hydrogen) atoms. The average Bonchev–Trinajstić information content (AvgIpc) is 2.79. The summed E-state index contributed by atoms with van der Waals surface area (Å²) in [5.74, 6) is -0.520. The van der Waals surface area contributed by atoms with Crippen LogP contribution in [0.4, 0.5) is 11.4 Å². The molecule has 0 saturated carbocycles. The number of hydrogen-bond acceptors (Lipinski definition) is 4. The van der Waals surface area contributed by atoms with Gasteiger partial charge in [0, 0.05) is 10.7 Å². The van der Waals surface area contributed by atoms with E-state index in [4.69, 9.17) is 27.9 Å². The number of halogens is 2. The number of nitrogens with zero attached hydrogens (tertiary/aromatic N) is 1. The van der Waals surface area contributed by atoms with Crippen molar-refractivity contribution in [3.8, 4) is 11.8 Å². The zero-order chi connectivity index (χ0) is 22.9. The minimum Gasteiger partial charge on any atom is -0.484 e. The Morgan fingerprint density at radius 1 is 0.969 bits per heavy atom. The fourth-order valence-electron chi connectivity index (χ4n) is 2.64. The lowest BCUT2D eigenvalue weighted by atomic mass is 10.1. The Morgan fingerprint density at radius 3 is 2.44 bits per heavy atom. The molecule has 0 radical (unpaired) electrons. The van der Waals surface area contributed by atoms with Gasteiger partial charge >= 0.3 is 0 Å². The monoisotopic (exact) mass is 465 g/mol. The molecular weight excluding hydrogens is 449 g/mol. The van der Waals surface area contributed by atoms with Crippen molar-refractivity contribution in [1.82, 2.24) is 0 Å². The molecule has 0 aromatic heterocycles. The summed E-state index contributed by atoms with van der Waals surface area (Å²) in [7, 11) is 0. The number of nitriles is 1. The first-order valence-corrected chi connectivity index (χ1v) is 10.2. The molecule has 0 aliphatic carbocycles. The molecule has 0 heterocycles. The number of anilines is 2. The molecule has 0 spiro atoms. The molecular formula is C24H17Cl2N3O3. The normalized spacial score (nSPS) is 10.7. The summed E-state index contributed by atoms with van der Waals surface area (Å²) in [5, 5.41) is 15.6. The third-order valence-electron chi connectivity index (χ3n) is 4.15. The second-order valence-electron chi connectivity index (χ2n) is 6.52. The van der Waals surface area contributed by atoms with Crippen LogP contribution in [0.5, 0.6) is 5.75 Å². The van der Waals surface area contributed by atoms with E-state index in [-0.39, 0.29) is 18.1 Å². The molecule has 2 amide bonds. The van der Waals surface area contributed by atoms with E-state index in [0.29, 0.717) is 32.7 Å². The summed E-state index contributed by atoms with van der Waals surface area (Å²) in [6.45, 7) is -0.214. The van der Waals surface area contributed by atoms with Crippen LogP contribution >= 0.6 is 23.2 Å². The number of carbonyl (C=O) groups is 2. The van der Waals surface area contributed by atoms with Crippen molar-refractivity contribution >= 4 is 52.5 Å². The highest BCUT2D eigenvalue weighted by Crippen LogP contribution is 2.22. The van der Waals surface area contributed by atoms with Crippen LogP contribution < -0.4 is 15.4 Å². The van der Waals surface area contributed by atoms with Crippen molar-refractivity contribution in [3.05, 3.63) is 94.0 Å². The van der Waals surface area contributed by atoms with Crippen LogP contribution in [-0.4, -0.2) is 18.4 Å². The Kier molecular flexibility index (Phi) is 7.87. The second-order valence-corrected chi connectivity index (χ2v) is 7.36. The number of hydrogen-bond donors (Lipinski definition) is 2. The molecule has 0 atom stereocenters. The number of para-hydroxylation sites is 1. The van der Waals surface area contributed by atoms with E-state index in [0.717, 1.165) is 0 Å². The highest BCUT2D eigenvalue weighted by molar-refractivity contribution is 6.34. The predicted octanol–water partition coefficient (Wildman–Crippen LogP) is 5.56. The van der Waals surface area contributed by atoms with Crippen molar-refractivity contribution in [3.63, 3.8) is 0 Å². The van der Waals surface area contributed by atoms with Gasteiger partial charge in [0.1, 0.15) is 17.4 Å². The van der Waals surface area contributed by atoms with Crippen molar-refractivity contribution in [1.29, 1.82) is 5.26 Å². The third kappa shape index (κ3) is 6.61. The first-order chi connectivity index (χ1) is 15.4. The standard InChI is InChI=1S/C24H17Cl2N3O3/c25-18-8-10-19(11-9-18)28-23(30)15-32-20-5-3-4-16(13-20)12-17(14-27)24(31)29-22-7-2-1-6-21(22)26/h1-13H,15H2,(H,28,30)(H,29,31)/b17-12-. The Morgan fingerprint density at radius 2 is 1.72 bits per heavy atom. The number of nitrogens with one attached hydrogen (secondary N) is 2. The SMILES string of the molecule is N#C/C(=C/c1cccc(OCC(=O)Nc2ccc(Cl)cc2)c1)C(=O)Nc1ccccc1Cl. The molecule has 8 heteroatoms. The van der Waals surface area contributed by atoms with Gasteiger partial charge in [0.15, 0.2) is 6.61 Å². The third-order valence-corrected chi connectivity index (χ3v) is 4.74. The number of rotatable bonds is 7. The lowest BCUT2D eigenvalue weighted by molar-refractivity contribution is -0.118. The quantitative estimate of drug-likeness (QED) is 0.353. The summed E-state index contributed by atoms with van der Waals surface area (Å²) in [6, 6.07) is 22.0. The number of ether oxygens (including phenoxy) is 1. The van der Waals surface area contributed by atoms with Crippen molar-refractivity contribution < 1.29 is 14.3 Å².